The zero-order valence-electron chi connectivity index (χ0n) is 17.8. The zero-order valence-corrected chi connectivity index (χ0v) is 19.4. The molecule has 9 nitrogen and oxygen atoms in total. The lowest BCUT2D eigenvalue weighted by Crippen LogP contribution is -2.42. The second-order valence-electron chi connectivity index (χ2n) is 8.22. The molecule has 174 valence electrons. The van der Waals surface area contributed by atoms with Gasteiger partial charge in [0.15, 0.2) is 0 Å². The van der Waals surface area contributed by atoms with Crippen LogP contribution in [0.3, 0.4) is 0 Å². The molecule has 1 aliphatic heterocycles. The van der Waals surface area contributed by atoms with Crippen LogP contribution in [0, 0.1) is 34.7 Å². The number of nitrogens with zero attached hydrogens (tertiary/aromatic N) is 2. The van der Waals surface area contributed by atoms with Gasteiger partial charge in [-0.3, -0.25) is 14.8 Å². The first-order valence-corrected chi connectivity index (χ1v) is 12.8. The van der Waals surface area contributed by atoms with Crippen LogP contribution >= 0.6 is 0 Å². The summed E-state index contributed by atoms with van der Waals surface area (Å²) in [5, 5.41) is 11.6. The molecule has 0 aliphatic carbocycles. The van der Waals surface area contributed by atoms with E-state index in [-0.39, 0.29) is 27.2 Å². The third kappa shape index (κ3) is 4.92. The first-order valence-electron chi connectivity index (χ1n) is 9.89. The van der Waals surface area contributed by atoms with Gasteiger partial charge in [-0.1, -0.05) is 13.8 Å². The number of nitro groups is 1. The number of nitrogens with one attached hydrogen (secondary N) is 1. The van der Waals surface area contributed by atoms with E-state index in [0.29, 0.717) is 13.1 Å². The highest BCUT2D eigenvalue weighted by molar-refractivity contribution is 7.92. The molecule has 1 saturated heterocycles. The van der Waals surface area contributed by atoms with E-state index >= 15 is 0 Å². The van der Waals surface area contributed by atoms with Crippen molar-refractivity contribution in [1.29, 1.82) is 0 Å². The van der Waals surface area contributed by atoms with Crippen molar-refractivity contribution in [3.05, 3.63) is 57.9 Å². The van der Waals surface area contributed by atoms with Crippen LogP contribution in [0.2, 0.25) is 0 Å². The van der Waals surface area contributed by atoms with E-state index in [4.69, 9.17) is 0 Å². The van der Waals surface area contributed by atoms with Gasteiger partial charge in [0, 0.05) is 19.2 Å². The van der Waals surface area contributed by atoms with Crippen molar-refractivity contribution in [2.24, 2.45) is 11.8 Å². The topological polar surface area (TPSA) is 127 Å². The second kappa shape index (κ2) is 8.75. The van der Waals surface area contributed by atoms with Crippen molar-refractivity contribution in [2.75, 3.05) is 17.8 Å². The van der Waals surface area contributed by atoms with Crippen LogP contribution in [0.15, 0.2) is 46.2 Å². The maximum Gasteiger partial charge on any atom is 0.294 e. The van der Waals surface area contributed by atoms with Gasteiger partial charge in [-0.05, 0) is 61.1 Å². The lowest BCUT2D eigenvalue weighted by Gasteiger charge is -2.34. The van der Waals surface area contributed by atoms with Crippen LogP contribution in [0.1, 0.15) is 25.8 Å². The Balaban J connectivity index is 1.98. The molecule has 2 aromatic carbocycles. The van der Waals surface area contributed by atoms with Crippen molar-refractivity contribution in [2.45, 2.75) is 37.0 Å². The molecule has 1 aliphatic rings. The highest BCUT2D eigenvalue weighted by Crippen LogP contribution is 2.33. The fraction of sp³-hybridized carbons (Fsp3) is 0.400. The Morgan fingerprint density at radius 3 is 2.19 bits per heavy atom. The van der Waals surface area contributed by atoms with E-state index in [1.807, 2.05) is 13.8 Å². The largest absolute Gasteiger partial charge is 0.294 e. The van der Waals surface area contributed by atoms with E-state index < -0.39 is 42.2 Å². The fourth-order valence-corrected chi connectivity index (χ4v) is 6.71. The third-order valence-corrected chi connectivity index (χ3v) is 8.51. The minimum Gasteiger partial charge on any atom is -0.273 e. The van der Waals surface area contributed by atoms with Crippen molar-refractivity contribution < 1.29 is 26.1 Å². The zero-order chi connectivity index (χ0) is 23.8. The molecule has 12 heteroatoms. The van der Waals surface area contributed by atoms with Crippen LogP contribution in [0.5, 0.6) is 0 Å². The Bertz CT molecular complexity index is 1250. The number of hydrogen-bond acceptors (Lipinski definition) is 6. The Morgan fingerprint density at radius 1 is 1.03 bits per heavy atom. The molecule has 32 heavy (non-hydrogen) atoms. The maximum absolute atomic E-state index is 13.5. The summed E-state index contributed by atoms with van der Waals surface area (Å²) >= 11 is 0. The van der Waals surface area contributed by atoms with Crippen LogP contribution in [0.4, 0.5) is 15.8 Å². The minimum atomic E-state index is -4.27. The SMILES string of the molecule is Cc1cc(S(=O)(=O)Nc2ccc(S(=O)(=O)N3CC(C)CC(C)C3)cc2[N+](=O)[O-])ccc1F. The molecule has 0 amide bonds. The van der Waals surface area contributed by atoms with E-state index in [9.17, 15) is 31.3 Å². The Labute approximate surface area is 186 Å². The molecule has 2 atom stereocenters. The molecule has 1 N–H and O–H groups in total. The smallest absolute Gasteiger partial charge is 0.273 e. The summed E-state index contributed by atoms with van der Waals surface area (Å²) in [7, 11) is -8.27. The molecule has 2 aromatic rings. The molecular weight excluding hydrogens is 461 g/mol. The number of anilines is 1. The summed E-state index contributed by atoms with van der Waals surface area (Å²) in [4.78, 5) is 10.2. The van der Waals surface area contributed by atoms with Crippen molar-refractivity contribution in [3.63, 3.8) is 0 Å². The molecule has 0 aromatic heterocycles. The molecule has 1 heterocycles. The Hall–Kier alpha value is -2.57. The predicted molar refractivity (Wildman–Crippen MR) is 117 cm³/mol. The second-order valence-corrected chi connectivity index (χ2v) is 11.8. The summed E-state index contributed by atoms with van der Waals surface area (Å²) in [5.74, 6) is -0.298. The van der Waals surface area contributed by atoms with Crippen molar-refractivity contribution in [1.82, 2.24) is 4.31 Å². The number of halogens is 1. The summed E-state index contributed by atoms with van der Waals surface area (Å²) in [6, 6.07) is 6.16. The molecule has 1 fully saturated rings. The minimum absolute atomic E-state index is 0.0915. The van der Waals surface area contributed by atoms with Crippen LogP contribution in [-0.2, 0) is 20.0 Å². The number of nitro benzene ring substituents is 1. The van der Waals surface area contributed by atoms with Gasteiger partial charge in [0.25, 0.3) is 15.7 Å². The van der Waals surface area contributed by atoms with Crippen LogP contribution in [0.25, 0.3) is 0 Å². The lowest BCUT2D eigenvalue weighted by atomic mass is 9.94. The Morgan fingerprint density at radius 2 is 1.62 bits per heavy atom. The molecule has 0 saturated carbocycles. The van der Waals surface area contributed by atoms with Gasteiger partial charge in [0.2, 0.25) is 10.0 Å². The van der Waals surface area contributed by atoms with Gasteiger partial charge in [0.1, 0.15) is 11.5 Å². The summed E-state index contributed by atoms with van der Waals surface area (Å²) in [6.45, 7) is 5.88. The number of rotatable bonds is 6. The van der Waals surface area contributed by atoms with Crippen molar-refractivity contribution in [3.8, 4) is 0 Å². The quantitative estimate of drug-likeness (QED) is 0.493. The van der Waals surface area contributed by atoms with Crippen LogP contribution < -0.4 is 4.72 Å². The third-order valence-electron chi connectivity index (χ3n) is 5.32. The number of sulfonamides is 2. The van der Waals surface area contributed by atoms with E-state index in [1.165, 1.54) is 11.2 Å². The van der Waals surface area contributed by atoms with E-state index in [0.717, 1.165) is 42.8 Å². The average Bonchev–Trinajstić information content (AvgIpc) is 2.69. The van der Waals surface area contributed by atoms with Crippen molar-refractivity contribution >= 4 is 31.4 Å². The van der Waals surface area contributed by atoms with Gasteiger partial charge < -0.3 is 0 Å². The van der Waals surface area contributed by atoms with Gasteiger partial charge in [0.05, 0.1) is 14.7 Å². The number of benzene rings is 2. The fourth-order valence-electron chi connectivity index (χ4n) is 3.85. The first-order chi connectivity index (χ1) is 14.8. The Kier molecular flexibility index (Phi) is 6.59. The van der Waals surface area contributed by atoms with Gasteiger partial charge in [-0.15, -0.1) is 0 Å². The maximum atomic E-state index is 13.5. The molecule has 0 bridgehead atoms. The normalized spacial score (nSPS) is 20.1. The number of piperidine rings is 1. The molecule has 3 rings (SSSR count). The predicted octanol–water partition coefficient (Wildman–Crippen LogP) is 3.51. The molecule has 0 spiro atoms. The van der Waals surface area contributed by atoms with Gasteiger partial charge in [-0.2, -0.15) is 4.31 Å². The summed E-state index contributed by atoms with van der Waals surface area (Å²) in [6.07, 6.45) is 0.885. The average molecular weight is 486 g/mol. The monoisotopic (exact) mass is 485 g/mol. The standard InChI is InChI=1S/C20H24FN3O6S2/c1-13-8-14(2)12-23(11-13)32(29,30)17-5-7-19(20(10-17)24(25)26)22-31(27,28)16-4-6-18(21)15(3)9-16/h4-7,9-10,13-14,22H,8,11-12H2,1-3H3. The van der Waals surface area contributed by atoms with E-state index in [2.05, 4.69) is 4.72 Å². The molecule has 2 unspecified atom stereocenters. The molecule has 0 radical (unpaired) electrons. The highest BCUT2D eigenvalue weighted by Gasteiger charge is 2.33. The lowest BCUT2D eigenvalue weighted by molar-refractivity contribution is -0.384. The molecular formula is C20H24FN3O6S2. The van der Waals surface area contributed by atoms with Crippen LogP contribution in [-0.4, -0.2) is 39.2 Å². The number of hydrogen-bond donors (Lipinski definition) is 1. The summed E-state index contributed by atoms with van der Waals surface area (Å²) < 4.78 is 68.3. The first kappa shape index (κ1) is 24.1. The summed E-state index contributed by atoms with van der Waals surface area (Å²) in [5.41, 5.74) is -1.00. The van der Waals surface area contributed by atoms with Gasteiger partial charge >= 0.3 is 0 Å². The van der Waals surface area contributed by atoms with Gasteiger partial charge in [-0.25, -0.2) is 21.2 Å². The van der Waals surface area contributed by atoms with E-state index in [1.54, 1.807) is 0 Å². The number of aryl methyl sites for hydroxylation is 1. The highest BCUT2D eigenvalue weighted by atomic mass is 32.2.